The van der Waals surface area contributed by atoms with Crippen LogP contribution in [0.4, 0.5) is 5.82 Å². The molecule has 0 aliphatic heterocycles. The van der Waals surface area contributed by atoms with Crippen molar-refractivity contribution in [2.75, 3.05) is 5.73 Å². The third-order valence-corrected chi connectivity index (χ3v) is 2.45. The molecule has 1 aromatic heterocycles. The summed E-state index contributed by atoms with van der Waals surface area (Å²) in [6.45, 7) is 4.29. The van der Waals surface area contributed by atoms with Crippen LogP contribution in [0, 0.1) is 5.92 Å². The molecule has 2 rings (SSSR count). The van der Waals surface area contributed by atoms with Crippen LogP contribution in [0.3, 0.4) is 0 Å². The van der Waals surface area contributed by atoms with Crippen LogP contribution in [-0.4, -0.2) is 5.16 Å². The van der Waals surface area contributed by atoms with Gasteiger partial charge in [0.2, 0.25) is 0 Å². The van der Waals surface area contributed by atoms with E-state index in [-0.39, 0.29) is 0 Å². The van der Waals surface area contributed by atoms with Crippen molar-refractivity contribution in [1.29, 1.82) is 0 Å². The molecule has 0 bridgehead atoms. The minimum Gasteiger partial charge on any atom is -0.380 e. The van der Waals surface area contributed by atoms with E-state index in [1.54, 1.807) is 0 Å². The zero-order valence-electron chi connectivity index (χ0n) is 9.60. The number of nitrogen functional groups attached to an aromatic ring is 1. The Labute approximate surface area is 95.3 Å². The number of hydrogen-bond acceptors (Lipinski definition) is 3. The van der Waals surface area contributed by atoms with Crippen molar-refractivity contribution >= 4 is 5.82 Å². The molecular formula is C13H16N2O. The molecule has 0 aliphatic carbocycles. The van der Waals surface area contributed by atoms with Gasteiger partial charge in [-0.1, -0.05) is 49.3 Å². The molecule has 0 amide bonds. The van der Waals surface area contributed by atoms with Crippen molar-refractivity contribution in [3.05, 3.63) is 36.1 Å². The topological polar surface area (TPSA) is 52.0 Å². The molecule has 16 heavy (non-hydrogen) atoms. The van der Waals surface area contributed by atoms with E-state index in [0.717, 1.165) is 23.3 Å². The number of aromatic nitrogens is 1. The highest BCUT2D eigenvalue weighted by Crippen LogP contribution is 2.30. The fourth-order valence-electron chi connectivity index (χ4n) is 1.76. The smallest absolute Gasteiger partial charge is 0.175 e. The second kappa shape index (κ2) is 4.39. The van der Waals surface area contributed by atoms with E-state index in [1.165, 1.54) is 0 Å². The Balaban J connectivity index is 2.43. The van der Waals surface area contributed by atoms with E-state index in [4.69, 9.17) is 10.3 Å². The van der Waals surface area contributed by atoms with E-state index in [0.29, 0.717) is 11.7 Å². The SMILES string of the molecule is CC(C)Cc1onc(N)c1-c1ccccc1. The Kier molecular flexibility index (Phi) is 2.95. The standard InChI is InChI=1S/C13H16N2O/c1-9(2)8-11-12(13(14)15-16-11)10-6-4-3-5-7-10/h3-7,9H,8H2,1-2H3,(H2,14,15). The zero-order valence-corrected chi connectivity index (χ0v) is 9.60. The summed E-state index contributed by atoms with van der Waals surface area (Å²) >= 11 is 0. The first kappa shape index (κ1) is 10.7. The van der Waals surface area contributed by atoms with Gasteiger partial charge < -0.3 is 10.3 Å². The van der Waals surface area contributed by atoms with Crippen LogP contribution in [0.5, 0.6) is 0 Å². The van der Waals surface area contributed by atoms with Crippen molar-refractivity contribution < 1.29 is 4.52 Å². The molecule has 1 heterocycles. The highest BCUT2D eigenvalue weighted by molar-refractivity contribution is 5.75. The molecule has 2 aromatic rings. The normalized spacial score (nSPS) is 10.9. The quantitative estimate of drug-likeness (QED) is 0.857. The predicted molar refractivity (Wildman–Crippen MR) is 64.9 cm³/mol. The van der Waals surface area contributed by atoms with Crippen LogP contribution in [0.15, 0.2) is 34.9 Å². The average Bonchev–Trinajstić information content (AvgIpc) is 2.60. The van der Waals surface area contributed by atoms with Gasteiger partial charge in [-0.2, -0.15) is 0 Å². The van der Waals surface area contributed by atoms with Crippen molar-refractivity contribution in [2.24, 2.45) is 5.92 Å². The Hall–Kier alpha value is -1.77. The number of nitrogens with two attached hydrogens (primary N) is 1. The van der Waals surface area contributed by atoms with Crippen molar-refractivity contribution in [3.63, 3.8) is 0 Å². The van der Waals surface area contributed by atoms with E-state index in [2.05, 4.69) is 19.0 Å². The second-order valence-corrected chi connectivity index (χ2v) is 4.33. The van der Waals surface area contributed by atoms with E-state index in [9.17, 15) is 0 Å². The summed E-state index contributed by atoms with van der Waals surface area (Å²) in [5.41, 5.74) is 7.85. The second-order valence-electron chi connectivity index (χ2n) is 4.33. The Morgan fingerprint density at radius 1 is 1.25 bits per heavy atom. The molecule has 0 atom stereocenters. The summed E-state index contributed by atoms with van der Waals surface area (Å²) in [5.74, 6) is 1.87. The van der Waals surface area contributed by atoms with Crippen molar-refractivity contribution in [1.82, 2.24) is 5.16 Å². The molecule has 0 aliphatic rings. The van der Waals surface area contributed by atoms with Gasteiger partial charge in [-0.25, -0.2) is 0 Å². The Bertz CT molecular complexity index is 460. The molecule has 2 N–H and O–H groups in total. The van der Waals surface area contributed by atoms with Crippen molar-refractivity contribution in [3.8, 4) is 11.1 Å². The molecule has 84 valence electrons. The Morgan fingerprint density at radius 2 is 1.94 bits per heavy atom. The molecule has 3 nitrogen and oxygen atoms in total. The van der Waals surface area contributed by atoms with Gasteiger partial charge in [-0.15, -0.1) is 0 Å². The lowest BCUT2D eigenvalue weighted by Crippen LogP contribution is -1.95. The molecule has 0 saturated heterocycles. The lowest BCUT2D eigenvalue weighted by atomic mass is 10.0. The first-order valence-corrected chi connectivity index (χ1v) is 5.48. The zero-order chi connectivity index (χ0) is 11.5. The van der Waals surface area contributed by atoms with Gasteiger partial charge in [0.05, 0.1) is 5.56 Å². The molecular weight excluding hydrogens is 200 g/mol. The monoisotopic (exact) mass is 216 g/mol. The van der Waals surface area contributed by atoms with Crippen LogP contribution in [0.25, 0.3) is 11.1 Å². The van der Waals surface area contributed by atoms with E-state index in [1.807, 2.05) is 30.3 Å². The van der Waals surface area contributed by atoms with E-state index < -0.39 is 0 Å². The third-order valence-electron chi connectivity index (χ3n) is 2.45. The number of nitrogens with zero attached hydrogens (tertiary/aromatic N) is 1. The van der Waals surface area contributed by atoms with Crippen LogP contribution in [-0.2, 0) is 6.42 Å². The summed E-state index contributed by atoms with van der Waals surface area (Å²) in [7, 11) is 0. The summed E-state index contributed by atoms with van der Waals surface area (Å²) in [6.07, 6.45) is 0.856. The molecule has 0 radical (unpaired) electrons. The molecule has 1 aromatic carbocycles. The van der Waals surface area contributed by atoms with Gasteiger partial charge in [0.25, 0.3) is 0 Å². The van der Waals surface area contributed by atoms with Crippen LogP contribution in [0.1, 0.15) is 19.6 Å². The number of benzene rings is 1. The first-order chi connectivity index (χ1) is 7.68. The summed E-state index contributed by atoms with van der Waals surface area (Å²) in [4.78, 5) is 0. The highest BCUT2D eigenvalue weighted by atomic mass is 16.5. The van der Waals surface area contributed by atoms with Crippen LogP contribution in [0.2, 0.25) is 0 Å². The predicted octanol–water partition coefficient (Wildman–Crippen LogP) is 3.12. The third kappa shape index (κ3) is 2.08. The molecule has 0 saturated carbocycles. The minimum atomic E-state index is 0.474. The maximum absolute atomic E-state index is 5.84. The average molecular weight is 216 g/mol. The fraction of sp³-hybridized carbons (Fsp3) is 0.308. The van der Waals surface area contributed by atoms with Crippen LogP contribution < -0.4 is 5.73 Å². The van der Waals surface area contributed by atoms with Gasteiger partial charge >= 0.3 is 0 Å². The largest absolute Gasteiger partial charge is 0.380 e. The highest BCUT2D eigenvalue weighted by Gasteiger charge is 2.16. The number of rotatable bonds is 3. The fourth-order valence-corrected chi connectivity index (χ4v) is 1.76. The first-order valence-electron chi connectivity index (χ1n) is 5.48. The van der Waals surface area contributed by atoms with Crippen LogP contribution >= 0.6 is 0 Å². The van der Waals surface area contributed by atoms with Gasteiger partial charge in [0, 0.05) is 6.42 Å². The molecule has 3 heteroatoms. The summed E-state index contributed by atoms with van der Waals surface area (Å²) < 4.78 is 5.29. The Morgan fingerprint density at radius 3 is 2.56 bits per heavy atom. The minimum absolute atomic E-state index is 0.474. The van der Waals surface area contributed by atoms with Crippen molar-refractivity contribution in [2.45, 2.75) is 20.3 Å². The van der Waals surface area contributed by atoms with E-state index >= 15 is 0 Å². The lowest BCUT2D eigenvalue weighted by Gasteiger charge is -2.04. The van der Waals surface area contributed by atoms with Gasteiger partial charge in [0.15, 0.2) is 5.82 Å². The van der Waals surface area contributed by atoms with Gasteiger partial charge in [0.1, 0.15) is 5.76 Å². The number of hydrogen-bond donors (Lipinski definition) is 1. The lowest BCUT2D eigenvalue weighted by molar-refractivity contribution is 0.372. The summed E-state index contributed by atoms with van der Waals surface area (Å²) in [5, 5.41) is 3.85. The molecule has 0 fully saturated rings. The van der Waals surface area contributed by atoms with Gasteiger partial charge in [-0.05, 0) is 11.5 Å². The molecule has 0 unspecified atom stereocenters. The summed E-state index contributed by atoms with van der Waals surface area (Å²) in [6, 6.07) is 10.00. The maximum Gasteiger partial charge on any atom is 0.175 e. The van der Waals surface area contributed by atoms with Gasteiger partial charge in [-0.3, -0.25) is 0 Å². The maximum atomic E-state index is 5.84. The molecule has 0 spiro atoms. The number of anilines is 1.